The molecule has 9 heavy (non-hydrogen) atoms. The van der Waals surface area contributed by atoms with E-state index in [0.717, 1.165) is 0 Å². The maximum absolute atomic E-state index is 9.91. The van der Waals surface area contributed by atoms with E-state index in [1.165, 1.54) is 0 Å². The van der Waals surface area contributed by atoms with Gasteiger partial charge in [-0.25, -0.2) is 0 Å². The number of rotatable bonds is 3. The van der Waals surface area contributed by atoms with E-state index in [1.807, 2.05) is 0 Å². The van der Waals surface area contributed by atoms with Gasteiger partial charge in [-0.15, -0.1) is 0 Å². The van der Waals surface area contributed by atoms with Gasteiger partial charge in [-0.05, 0) is 7.05 Å². The zero-order chi connectivity index (χ0) is 6.62. The molecule has 0 radical (unpaired) electrons. The third-order valence-corrected chi connectivity index (χ3v) is 1.33. The van der Waals surface area contributed by atoms with E-state index in [2.05, 4.69) is 5.32 Å². The van der Waals surface area contributed by atoms with Crippen LogP contribution in [0.1, 0.15) is 0 Å². The third kappa shape index (κ3) is 12.4. The van der Waals surface area contributed by atoms with E-state index in [1.54, 1.807) is 7.05 Å². The first-order valence-corrected chi connectivity index (χ1v) is 3.77. The van der Waals surface area contributed by atoms with Crippen molar-refractivity contribution in [3.8, 4) is 0 Å². The predicted octanol–water partition coefficient (Wildman–Crippen LogP) is -1.82. The zero-order valence-corrected chi connectivity index (χ0v) is 5.40. The molecule has 0 aromatic carbocycles. The van der Waals surface area contributed by atoms with Gasteiger partial charge in [0.05, 0.1) is 5.75 Å². The van der Waals surface area contributed by atoms with Gasteiger partial charge in [0.15, 0.2) is 0 Å². The minimum atomic E-state index is -3.75. The maximum atomic E-state index is 9.91. The third-order valence-electron chi connectivity index (χ3n) is 0.610. The van der Waals surface area contributed by atoms with Gasteiger partial charge in [0.25, 0.3) is 10.1 Å². The van der Waals surface area contributed by atoms with Crippen LogP contribution in [0.4, 0.5) is 0 Å². The van der Waals surface area contributed by atoms with E-state index in [9.17, 15) is 8.42 Å². The van der Waals surface area contributed by atoms with E-state index in [0.29, 0.717) is 6.54 Å². The fourth-order valence-electron chi connectivity index (χ4n) is 0.231. The van der Waals surface area contributed by atoms with Crippen LogP contribution in [0.3, 0.4) is 0 Å². The summed E-state index contributed by atoms with van der Waals surface area (Å²) in [7, 11) is -2.13. The van der Waals surface area contributed by atoms with Crippen LogP contribution in [0, 0.1) is 0 Å². The Morgan fingerprint density at radius 3 is 2.11 bits per heavy atom. The van der Waals surface area contributed by atoms with Crippen molar-refractivity contribution in [2.24, 2.45) is 0 Å². The van der Waals surface area contributed by atoms with Gasteiger partial charge >= 0.3 is 37.7 Å². The quantitative estimate of drug-likeness (QED) is 0.397. The average Bonchev–Trinajstić information content (AvgIpc) is 1.59. The number of nitrogens with one attached hydrogen (secondary N) is 1. The van der Waals surface area contributed by atoms with Crippen molar-refractivity contribution < 1.29 is 13.0 Å². The molecule has 0 aliphatic heterocycles. The van der Waals surface area contributed by atoms with Crippen LogP contribution < -0.4 is 5.32 Å². The summed E-state index contributed by atoms with van der Waals surface area (Å²) in [6, 6.07) is 0. The van der Waals surface area contributed by atoms with Crippen molar-refractivity contribution in [1.29, 1.82) is 0 Å². The molecule has 0 aliphatic carbocycles. The van der Waals surface area contributed by atoms with Gasteiger partial charge in [-0.3, -0.25) is 4.55 Å². The van der Waals surface area contributed by atoms with Crippen LogP contribution in [0.5, 0.6) is 0 Å². The second kappa shape index (κ2) is 5.88. The van der Waals surface area contributed by atoms with Gasteiger partial charge in [-0.2, -0.15) is 8.42 Å². The summed E-state index contributed by atoms with van der Waals surface area (Å²) in [5.74, 6) is -0.219. The van der Waals surface area contributed by atoms with Gasteiger partial charge in [0.1, 0.15) is 0 Å². The van der Waals surface area contributed by atoms with Crippen molar-refractivity contribution in [3.63, 3.8) is 0 Å². The first-order valence-electron chi connectivity index (χ1n) is 2.16. The van der Waals surface area contributed by atoms with Crippen LogP contribution in [-0.4, -0.2) is 70.1 Å². The molecule has 0 fully saturated rings. The molecule has 0 saturated carbocycles. The first kappa shape index (κ1) is 12.8. The Kier molecular flexibility index (Phi) is 8.35. The first-order chi connectivity index (χ1) is 3.56. The Labute approximate surface area is 84.8 Å². The Morgan fingerprint density at radius 1 is 1.56 bits per heavy atom. The molecule has 54 valence electrons. The van der Waals surface area contributed by atoms with E-state index in [-0.39, 0.29) is 43.5 Å². The Balaban J connectivity index is 0. The summed E-state index contributed by atoms with van der Waals surface area (Å²) in [5.41, 5.74) is 0. The summed E-state index contributed by atoms with van der Waals surface area (Å²) in [6.07, 6.45) is 0. The molecule has 0 bridgehead atoms. The average molecular weight is 181 g/mol. The molecule has 0 rings (SSSR count). The number of hydrogen-bond donors (Lipinski definition) is 2. The fraction of sp³-hybridized carbons (Fsp3) is 1.00. The summed E-state index contributed by atoms with van der Waals surface area (Å²) >= 11 is 0. The second-order valence-electron chi connectivity index (χ2n) is 1.39. The molecule has 0 aromatic heterocycles. The Morgan fingerprint density at radius 2 is 2.00 bits per heavy atom. The Bertz CT molecular complexity index is 143. The van der Waals surface area contributed by atoms with E-state index in [4.69, 9.17) is 4.55 Å². The molecule has 0 heterocycles. The van der Waals surface area contributed by atoms with Crippen molar-refractivity contribution in [2.75, 3.05) is 19.3 Å². The van der Waals surface area contributed by atoms with Crippen molar-refractivity contribution in [1.82, 2.24) is 5.32 Å². The van der Waals surface area contributed by atoms with Crippen LogP contribution in [0.25, 0.3) is 0 Å². The molecule has 0 atom stereocenters. The second-order valence-corrected chi connectivity index (χ2v) is 2.96. The molecule has 0 unspecified atom stereocenters. The van der Waals surface area contributed by atoms with Crippen molar-refractivity contribution >= 4 is 47.9 Å². The molecule has 0 saturated heterocycles. The molecule has 6 heteroatoms. The summed E-state index contributed by atoms with van der Waals surface area (Å²) in [4.78, 5) is 0. The molecule has 2 N–H and O–H groups in total. The standard InChI is InChI=1S/C3H9NO3S.Ca.2H/c1-4-2-3-8(5,6)7;;;/h4H,2-3H2,1H3,(H,5,6,7);;;. The summed E-state index contributed by atoms with van der Waals surface area (Å²) in [5, 5.41) is 2.59. The molecule has 0 aliphatic rings. The van der Waals surface area contributed by atoms with Gasteiger partial charge in [0, 0.05) is 6.54 Å². The van der Waals surface area contributed by atoms with Crippen LogP contribution in [0.2, 0.25) is 0 Å². The molecular formula is C3H11CaNO3S. The number of hydrogen-bond acceptors (Lipinski definition) is 3. The molecule has 4 nitrogen and oxygen atoms in total. The van der Waals surface area contributed by atoms with Gasteiger partial charge in [0.2, 0.25) is 0 Å². The summed E-state index contributed by atoms with van der Waals surface area (Å²) in [6.45, 7) is 0.291. The molecular weight excluding hydrogens is 170 g/mol. The predicted molar refractivity (Wildman–Crippen MR) is 38.9 cm³/mol. The van der Waals surface area contributed by atoms with Crippen molar-refractivity contribution in [3.05, 3.63) is 0 Å². The molecule has 0 aromatic rings. The van der Waals surface area contributed by atoms with E-state index >= 15 is 0 Å². The van der Waals surface area contributed by atoms with Crippen LogP contribution in [-0.2, 0) is 10.1 Å². The van der Waals surface area contributed by atoms with Gasteiger partial charge in [-0.1, -0.05) is 0 Å². The summed E-state index contributed by atoms with van der Waals surface area (Å²) < 4.78 is 27.9. The van der Waals surface area contributed by atoms with Crippen molar-refractivity contribution in [2.45, 2.75) is 0 Å². The van der Waals surface area contributed by atoms with Gasteiger partial charge < -0.3 is 5.32 Å². The minimum absolute atomic E-state index is 0. The normalized spacial score (nSPS) is 10.4. The van der Waals surface area contributed by atoms with E-state index < -0.39 is 10.1 Å². The van der Waals surface area contributed by atoms with Crippen LogP contribution >= 0.6 is 0 Å². The SMILES string of the molecule is CNCCS(=O)(=O)O.[CaH2]. The monoisotopic (exact) mass is 181 g/mol. The molecule has 0 amide bonds. The van der Waals surface area contributed by atoms with Crippen LogP contribution in [0.15, 0.2) is 0 Å². The Hall–Kier alpha value is 1.13. The molecule has 0 spiro atoms. The topological polar surface area (TPSA) is 66.4 Å². The zero-order valence-electron chi connectivity index (χ0n) is 4.59. The fourth-order valence-corrected chi connectivity index (χ4v) is 0.693.